The van der Waals surface area contributed by atoms with E-state index in [1.54, 1.807) is 0 Å². The van der Waals surface area contributed by atoms with Crippen LogP contribution in [0.3, 0.4) is 0 Å². The summed E-state index contributed by atoms with van der Waals surface area (Å²) >= 11 is 0. The van der Waals surface area contributed by atoms with Gasteiger partial charge in [-0.05, 0) is 12.1 Å². The quantitative estimate of drug-likeness (QED) is 0.614. The lowest BCUT2D eigenvalue weighted by molar-refractivity contribution is 0.0879. The Balaban J connectivity index is 2.45. The van der Waals surface area contributed by atoms with Gasteiger partial charge in [0.15, 0.2) is 17.9 Å². The number of benzene rings is 1. The number of halogens is 2. The lowest BCUT2D eigenvalue weighted by atomic mass is 10.1. The first kappa shape index (κ1) is 14.6. The number of hydrogen-bond acceptors (Lipinski definition) is 5. The van der Waals surface area contributed by atoms with Crippen LogP contribution in [0.1, 0.15) is 31.1 Å². The molecule has 9 heteroatoms. The van der Waals surface area contributed by atoms with E-state index in [2.05, 4.69) is 0 Å². The lowest BCUT2D eigenvalue weighted by Gasteiger charge is -2.14. The van der Waals surface area contributed by atoms with Crippen molar-refractivity contribution < 1.29 is 23.2 Å². The van der Waals surface area contributed by atoms with E-state index in [0.29, 0.717) is 10.6 Å². The summed E-state index contributed by atoms with van der Waals surface area (Å²) in [6.45, 7) is 0. The van der Waals surface area contributed by atoms with E-state index in [9.17, 15) is 28.0 Å². The number of rotatable bonds is 2. The number of fused-ring (bicyclic) bond motifs is 1. The van der Waals surface area contributed by atoms with Crippen LogP contribution in [0.4, 0.5) is 14.6 Å². The van der Waals surface area contributed by atoms with Gasteiger partial charge in [-0.15, -0.1) is 0 Å². The van der Waals surface area contributed by atoms with Crippen LogP contribution in [0.25, 0.3) is 5.69 Å². The molecule has 1 aromatic carbocycles. The number of nitrogens with two attached hydrogens (primary N) is 1. The molecule has 0 radical (unpaired) electrons. The summed E-state index contributed by atoms with van der Waals surface area (Å²) in [7, 11) is 0. The number of nitrogen functional groups attached to an aromatic ring is 1. The number of hydrogen-bond donors (Lipinski definition) is 2. The molecular weight excluding hydrogens is 312 g/mol. The van der Waals surface area contributed by atoms with E-state index in [4.69, 9.17) is 5.73 Å². The van der Waals surface area contributed by atoms with Crippen LogP contribution >= 0.6 is 0 Å². The number of imide groups is 1. The fraction of sp³-hybridized carbons (Fsp3) is 0. The zero-order valence-electron chi connectivity index (χ0n) is 11.2. The van der Waals surface area contributed by atoms with Gasteiger partial charge in [0.1, 0.15) is 5.82 Å². The Morgan fingerprint density at radius 1 is 1.13 bits per heavy atom. The fourth-order valence-corrected chi connectivity index (χ4v) is 2.39. The van der Waals surface area contributed by atoms with Crippen molar-refractivity contribution in [1.82, 2.24) is 9.88 Å². The van der Waals surface area contributed by atoms with Crippen molar-refractivity contribution in [3.05, 3.63) is 56.9 Å². The van der Waals surface area contributed by atoms with Crippen LogP contribution in [0.2, 0.25) is 0 Å². The van der Waals surface area contributed by atoms with Gasteiger partial charge in [-0.2, -0.15) is 0 Å². The number of anilines is 1. The highest BCUT2D eigenvalue weighted by atomic mass is 19.2. The molecule has 3 N–H and O–H groups in total. The third-order valence-corrected chi connectivity index (χ3v) is 3.40. The average molecular weight is 319 g/mol. The lowest BCUT2D eigenvalue weighted by Crippen LogP contribution is -2.26. The molecule has 0 spiro atoms. The number of carbonyl (C=O) groups is 3. The Kier molecular flexibility index (Phi) is 3.06. The van der Waals surface area contributed by atoms with Crippen molar-refractivity contribution in [1.29, 1.82) is 0 Å². The third kappa shape index (κ3) is 1.94. The van der Waals surface area contributed by atoms with Gasteiger partial charge in [0.05, 0.1) is 16.8 Å². The number of aldehydes is 1. The van der Waals surface area contributed by atoms with E-state index in [1.165, 1.54) is 0 Å². The summed E-state index contributed by atoms with van der Waals surface area (Å²) in [5, 5.41) is 1.94. The van der Waals surface area contributed by atoms with Gasteiger partial charge < -0.3 is 5.73 Å². The fourth-order valence-electron chi connectivity index (χ4n) is 2.39. The molecule has 2 amide bonds. The van der Waals surface area contributed by atoms with Crippen LogP contribution in [0.15, 0.2) is 23.0 Å². The van der Waals surface area contributed by atoms with E-state index in [1.807, 2.05) is 5.32 Å². The molecule has 0 atom stereocenters. The molecule has 1 aliphatic heterocycles. The van der Waals surface area contributed by atoms with Gasteiger partial charge in [0, 0.05) is 11.6 Å². The molecule has 3 rings (SSSR count). The SMILES string of the molecule is Nc1c2c(cc(=O)n1-c1c(C=O)ccc(F)c1F)C(=O)NC2=O. The standard InChI is InChI=1S/C14H7F2N3O4/c15-7-2-1-5(4-20)11(10(7)16)19-8(21)3-6-9(12(19)17)14(23)18-13(6)22/h1-4H,17H2,(H,18,22,23). The van der Waals surface area contributed by atoms with E-state index in [-0.39, 0.29) is 23.0 Å². The van der Waals surface area contributed by atoms with Crippen LogP contribution in [0.5, 0.6) is 0 Å². The Morgan fingerprint density at radius 3 is 2.48 bits per heavy atom. The number of nitrogens with one attached hydrogen (secondary N) is 1. The first-order chi connectivity index (χ1) is 10.9. The molecule has 116 valence electrons. The zero-order valence-corrected chi connectivity index (χ0v) is 11.2. The predicted molar refractivity (Wildman–Crippen MR) is 73.6 cm³/mol. The first-order valence-electron chi connectivity index (χ1n) is 6.21. The maximum atomic E-state index is 14.1. The second-order valence-electron chi connectivity index (χ2n) is 4.69. The van der Waals surface area contributed by atoms with Gasteiger partial charge in [-0.3, -0.25) is 29.1 Å². The molecule has 23 heavy (non-hydrogen) atoms. The molecule has 0 fully saturated rings. The minimum absolute atomic E-state index is 0.210. The van der Waals surface area contributed by atoms with E-state index < -0.39 is 40.5 Å². The predicted octanol–water partition coefficient (Wildman–Crippen LogP) is 0.394. The summed E-state index contributed by atoms with van der Waals surface area (Å²) in [5.41, 5.74) is 3.05. The average Bonchev–Trinajstić information content (AvgIpc) is 2.78. The maximum absolute atomic E-state index is 14.1. The van der Waals surface area contributed by atoms with Crippen LogP contribution in [0, 0.1) is 11.6 Å². The highest BCUT2D eigenvalue weighted by Crippen LogP contribution is 2.26. The Bertz CT molecular complexity index is 965. The second kappa shape index (κ2) is 4.83. The molecule has 0 unspecified atom stereocenters. The molecule has 1 aliphatic rings. The first-order valence-corrected chi connectivity index (χ1v) is 6.21. The normalized spacial score (nSPS) is 13.0. The van der Waals surface area contributed by atoms with Gasteiger partial charge in [-0.25, -0.2) is 8.78 Å². The Hall–Kier alpha value is -3.36. The summed E-state index contributed by atoms with van der Waals surface area (Å²) in [4.78, 5) is 46.5. The molecule has 2 aromatic rings. The minimum atomic E-state index is -1.48. The smallest absolute Gasteiger partial charge is 0.262 e. The topological polar surface area (TPSA) is 111 Å². The summed E-state index contributed by atoms with van der Waals surface area (Å²) in [5.74, 6) is -5.05. The van der Waals surface area contributed by atoms with Crippen LogP contribution < -0.4 is 16.6 Å². The van der Waals surface area contributed by atoms with Crippen LogP contribution in [-0.4, -0.2) is 22.7 Å². The summed E-state index contributed by atoms with van der Waals surface area (Å²) < 4.78 is 28.1. The van der Waals surface area contributed by atoms with Crippen molar-refractivity contribution >= 4 is 23.9 Å². The second-order valence-corrected chi connectivity index (χ2v) is 4.69. The van der Waals surface area contributed by atoms with Crippen molar-refractivity contribution in [3.63, 3.8) is 0 Å². The van der Waals surface area contributed by atoms with Crippen molar-refractivity contribution in [2.75, 3.05) is 5.73 Å². The summed E-state index contributed by atoms with van der Waals surface area (Å²) in [6, 6.07) is 2.45. The molecule has 2 heterocycles. The number of carbonyl (C=O) groups excluding carboxylic acids is 3. The number of aromatic nitrogens is 1. The Morgan fingerprint density at radius 2 is 1.83 bits per heavy atom. The van der Waals surface area contributed by atoms with Crippen molar-refractivity contribution in [2.45, 2.75) is 0 Å². The molecule has 0 bridgehead atoms. The maximum Gasteiger partial charge on any atom is 0.262 e. The number of nitrogens with zero attached hydrogens (tertiary/aromatic N) is 1. The highest BCUT2D eigenvalue weighted by molar-refractivity contribution is 6.23. The Labute approximate surface area is 126 Å². The molecule has 0 saturated heterocycles. The molecule has 7 nitrogen and oxygen atoms in total. The summed E-state index contributed by atoms with van der Waals surface area (Å²) in [6.07, 6.45) is 0.210. The third-order valence-electron chi connectivity index (χ3n) is 3.40. The molecule has 0 saturated carbocycles. The zero-order chi connectivity index (χ0) is 16.9. The van der Waals surface area contributed by atoms with Gasteiger partial charge in [0.2, 0.25) is 0 Å². The van der Waals surface area contributed by atoms with Crippen molar-refractivity contribution in [3.8, 4) is 5.69 Å². The minimum Gasteiger partial charge on any atom is -0.384 e. The van der Waals surface area contributed by atoms with Gasteiger partial charge in [0.25, 0.3) is 17.4 Å². The van der Waals surface area contributed by atoms with Gasteiger partial charge in [-0.1, -0.05) is 0 Å². The number of amides is 2. The highest BCUT2D eigenvalue weighted by Gasteiger charge is 2.33. The van der Waals surface area contributed by atoms with Crippen molar-refractivity contribution in [2.24, 2.45) is 0 Å². The molecule has 1 aromatic heterocycles. The largest absolute Gasteiger partial charge is 0.384 e. The molecular formula is C14H7F2N3O4. The molecule has 0 aliphatic carbocycles. The number of pyridine rings is 1. The van der Waals surface area contributed by atoms with E-state index in [0.717, 1.165) is 12.1 Å². The van der Waals surface area contributed by atoms with Crippen LogP contribution in [-0.2, 0) is 0 Å². The van der Waals surface area contributed by atoms with Gasteiger partial charge >= 0.3 is 0 Å². The monoisotopic (exact) mass is 319 g/mol. The van der Waals surface area contributed by atoms with E-state index >= 15 is 0 Å².